The number of hydrogen-bond acceptors (Lipinski definition) is 8. The predicted molar refractivity (Wildman–Crippen MR) is 108 cm³/mol. The number of benzene rings is 1. The lowest BCUT2D eigenvalue weighted by molar-refractivity contribution is -0.384. The zero-order valence-electron chi connectivity index (χ0n) is 14.9. The molecule has 0 radical (unpaired) electrons. The Balaban J connectivity index is 1.68. The summed E-state index contributed by atoms with van der Waals surface area (Å²) in [5.41, 5.74) is 0.839. The number of thiophene rings is 1. The molecule has 4 aromatic rings. The van der Waals surface area contributed by atoms with Crippen molar-refractivity contribution in [2.24, 2.45) is 0 Å². The van der Waals surface area contributed by atoms with Gasteiger partial charge in [0.1, 0.15) is 0 Å². The molecule has 10 heteroatoms. The van der Waals surface area contributed by atoms with E-state index in [-0.39, 0.29) is 17.2 Å². The van der Waals surface area contributed by atoms with Crippen LogP contribution in [0.4, 0.5) is 11.6 Å². The van der Waals surface area contributed by atoms with E-state index in [1.54, 1.807) is 35.9 Å². The molecule has 0 atom stereocenters. The van der Waals surface area contributed by atoms with Crippen LogP contribution in [0, 0.1) is 10.1 Å². The van der Waals surface area contributed by atoms with Crippen molar-refractivity contribution in [2.75, 3.05) is 5.32 Å². The van der Waals surface area contributed by atoms with E-state index in [1.165, 1.54) is 24.3 Å². The summed E-state index contributed by atoms with van der Waals surface area (Å²) in [5, 5.41) is 20.3. The van der Waals surface area contributed by atoms with Crippen LogP contribution in [0.5, 0.6) is 0 Å². The first-order chi connectivity index (χ1) is 14.1. The smallest absolute Gasteiger partial charge is 0.281 e. The lowest BCUT2D eigenvalue weighted by atomic mass is 10.2. The number of non-ortho nitro benzene ring substituents is 1. The maximum absolute atomic E-state index is 13.0. The van der Waals surface area contributed by atoms with E-state index < -0.39 is 10.8 Å². The number of carbonyl (C=O) groups is 1. The highest BCUT2D eigenvalue weighted by molar-refractivity contribution is 7.09. The van der Waals surface area contributed by atoms with Gasteiger partial charge in [-0.15, -0.1) is 16.4 Å². The molecular formula is C19H14N6O3S. The number of nitro benzene ring substituents is 1. The van der Waals surface area contributed by atoms with Crippen molar-refractivity contribution in [1.82, 2.24) is 19.7 Å². The second-order valence-corrected chi connectivity index (χ2v) is 6.99. The van der Waals surface area contributed by atoms with Gasteiger partial charge in [0.25, 0.3) is 11.6 Å². The molecule has 0 unspecified atom stereocenters. The molecule has 4 rings (SSSR count). The molecule has 3 aromatic heterocycles. The fourth-order valence-electron chi connectivity index (χ4n) is 2.61. The zero-order valence-corrected chi connectivity index (χ0v) is 15.7. The summed E-state index contributed by atoms with van der Waals surface area (Å²) in [6, 6.07) is 12.8. The number of rotatable bonds is 6. The van der Waals surface area contributed by atoms with Gasteiger partial charge < -0.3 is 5.32 Å². The molecule has 0 fully saturated rings. The molecule has 1 aromatic carbocycles. The van der Waals surface area contributed by atoms with Crippen LogP contribution in [0.3, 0.4) is 0 Å². The number of hydrogen-bond donors (Lipinski definition) is 1. The van der Waals surface area contributed by atoms with Gasteiger partial charge >= 0.3 is 0 Å². The van der Waals surface area contributed by atoms with E-state index in [1.807, 2.05) is 17.5 Å². The number of nitrogens with zero attached hydrogens (tertiary/aromatic N) is 5. The van der Waals surface area contributed by atoms with Gasteiger partial charge in [-0.3, -0.25) is 19.9 Å². The summed E-state index contributed by atoms with van der Waals surface area (Å²) in [5.74, 6) is 0.180. The molecule has 3 heterocycles. The van der Waals surface area contributed by atoms with E-state index in [2.05, 4.69) is 20.4 Å². The monoisotopic (exact) mass is 406 g/mol. The maximum atomic E-state index is 13.0. The van der Waals surface area contributed by atoms with E-state index in [0.717, 1.165) is 9.56 Å². The molecule has 144 valence electrons. The fourth-order valence-corrected chi connectivity index (χ4v) is 3.26. The number of nitro groups is 1. The Morgan fingerprint density at radius 2 is 2.00 bits per heavy atom. The number of carbonyl (C=O) groups excluding carboxylic acids is 1. The Morgan fingerprint density at radius 3 is 2.66 bits per heavy atom. The minimum atomic E-state index is -0.516. The van der Waals surface area contributed by atoms with Gasteiger partial charge in [0.2, 0.25) is 5.95 Å². The standard InChI is InChI=1S/C19H14N6O3S/c26-18(13-5-7-15(8-6-13)25(27)28)24-19(21-12-16-4-2-10-29-16)22-17(23-24)14-3-1-9-20-11-14/h1-11H,12H2,(H,21,22,23). The third-order valence-electron chi connectivity index (χ3n) is 4.05. The van der Waals surface area contributed by atoms with Crippen LogP contribution in [0.25, 0.3) is 11.4 Å². The minimum Gasteiger partial charge on any atom is -0.349 e. The average Bonchev–Trinajstić information content (AvgIpc) is 3.42. The molecule has 0 aliphatic rings. The summed E-state index contributed by atoms with van der Waals surface area (Å²) in [6.45, 7) is 0.483. The molecule has 0 aliphatic heterocycles. The van der Waals surface area contributed by atoms with Crippen molar-refractivity contribution in [1.29, 1.82) is 0 Å². The van der Waals surface area contributed by atoms with E-state index in [4.69, 9.17) is 0 Å². The number of nitrogens with one attached hydrogen (secondary N) is 1. The first kappa shape index (κ1) is 18.4. The molecular weight excluding hydrogens is 392 g/mol. The molecule has 0 amide bonds. The summed E-state index contributed by atoms with van der Waals surface area (Å²) in [4.78, 5) is 32.9. The number of aromatic nitrogens is 4. The molecule has 0 saturated carbocycles. The van der Waals surface area contributed by atoms with Crippen LogP contribution < -0.4 is 5.32 Å². The van der Waals surface area contributed by atoms with Gasteiger partial charge in [-0.05, 0) is 35.7 Å². The summed E-state index contributed by atoms with van der Waals surface area (Å²) >= 11 is 1.58. The van der Waals surface area contributed by atoms with Gasteiger partial charge in [-0.2, -0.15) is 9.67 Å². The molecule has 0 aliphatic carbocycles. The largest absolute Gasteiger partial charge is 0.349 e. The van der Waals surface area contributed by atoms with E-state index in [0.29, 0.717) is 17.9 Å². The molecule has 29 heavy (non-hydrogen) atoms. The Labute approximate surface area is 168 Å². The highest BCUT2D eigenvalue weighted by atomic mass is 32.1. The molecule has 0 spiro atoms. The summed E-state index contributed by atoms with van der Waals surface area (Å²) in [7, 11) is 0. The quantitative estimate of drug-likeness (QED) is 0.384. The summed E-state index contributed by atoms with van der Waals surface area (Å²) < 4.78 is 1.16. The van der Waals surface area contributed by atoms with Gasteiger partial charge in [0, 0.05) is 40.5 Å². The van der Waals surface area contributed by atoms with Crippen LogP contribution in [0.15, 0.2) is 66.3 Å². The third kappa shape index (κ3) is 4.01. The molecule has 0 saturated heterocycles. The SMILES string of the molecule is O=C(c1ccc([N+](=O)[O-])cc1)n1nc(-c2cccnc2)nc1NCc1cccs1. The minimum absolute atomic E-state index is 0.0905. The van der Waals surface area contributed by atoms with Crippen molar-refractivity contribution in [3.63, 3.8) is 0 Å². The Kier molecular flexibility index (Phi) is 5.08. The highest BCUT2D eigenvalue weighted by Gasteiger charge is 2.19. The van der Waals surface area contributed by atoms with Gasteiger partial charge in [0.05, 0.1) is 11.5 Å². The van der Waals surface area contributed by atoms with Crippen molar-refractivity contribution in [3.05, 3.63) is 86.9 Å². The topological polar surface area (TPSA) is 116 Å². The second kappa shape index (κ2) is 7.98. The van der Waals surface area contributed by atoms with Crippen LogP contribution in [-0.2, 0) is 6.54 Å². The molecule has 0 bridgehead atoms. The highest BCUT2D eigenvalue weighted by Crippen LogP contribution is 2.20. The lowest BCUT2D eigenvalue weighted by Crippen LogP contribution is -2.17. The first-order valence-electron chi connectivity index (χ1n) is 8.54. The van der Waals surface area contributed by atoms with Gasteiger partial charge in [-0.1, -0.05) is 6.07 Å². The van der Waals surface area contributed by atoms with Crippen LogP contribution >= 0.6 is 11.3 Å². The van der Waals surface area contributed by atoms with Gasteiger partial charge in [-0.25, -0.2) is 0 Å². The van der Waals surface area contributed by atoms with Crippen molar-refractivity contribution < 1.29 is 9.72 Å². The van der Waals surface area contributed by atoms with E-state index >= 15 is 0 Å². The van der Waals surface area contributed by atoms with Crippen molar-refractivity contribution in [3.8, 4) is 11.4 Å². The predicted octanol–water partition coefficient (Wildman–Crippen LogP) is 3.61. The van der Waals surface area contributed by atoms with Crippen LogP contribution in [0.1, 0.15) is 15.2 Å². The Hall–Kier alpha value is -3.92. The first-order valence-corrected chi connectivity index (χ1v) is 9.42. The fraction of sp³-hybridized carbons (Fsp3) is 0.0526. The second-order valence-electron chi connectivity index (χ2n) is 5.95. The normalized spacial score (nSPS) is 10.6. The number of anilines is 1. The molecule has 9 nitrogen and oxygen atoms in total. The zero-order chi connectivity index (χ0) is 20.2. The van der Waals surface area contributed by atoms with Crippen LogP contribution in [-0.4, -0.2) is 30.6 Å². The molecule has 1 N–H and O–H groups in total. The maximum Gasteiger partial charge on any atom is 0.281 e. The lowest BCUT2D eigenvalue weighted by Gasteiger charge is -2.06. The Bertz CT molecular complexity index is 1140. The summed E-state index contributed by atoms with van der Waals surface area (Å²) in [6.07, 6.45) is 3.25. The Morgan fingerprint density at radius 1 is 1.17 bits per heavy atom. The average molecular weight is 406 g/mol. The van der Waals surface area contributed by atoms with Crippen molar-refractivity contribution >= 4 is 28.9 Å². The van der Waals surface area contributed by atoms with Crippen LogP contribution in [0.2, 0.25) is 0 Å². The van der Waals surface area contributed by atoms with Gasteiger partial charge in [0.15, 0.2) is 5.82 Å². The number of pyridine rings is 1. The van der Waals surface area contributed by atoms with Crippen molar-refractivity contribution in [2.45, 2.75) is 6.54 Å². The van der Waals surface area contributed by atoms with E-state index in [9.17, 15) is 14.9 Å². The third-order valence-corrected chi connectivity index (χ3v) is 4.92.